The van der Waals surface area contributed by atoms with Gasteiger partial charge in [0.1, 0.15) is 0 Å². The number of carbonyl (C=O) groups is 1. The summed E-state index contributed by atoms with van der Waals surface area (Å²) in [5.74, 6) is 2.72. The average molecular weight is 358 g/mol. The third-order valence-electron chi connectivity index (χ3n) is 3.50. The molecule has 108 valence electrons. The number of piperazine rings is 1. The third-order valence-corrected chi connectivity index (χ3v) is 4.84. The molecule has 1 amide bonds. The van der Waals surface area contributed by atoms with Crippen LogP contribution in [-0.4, -0.2) is 64.6 Å². The highest BCUT2D eigenvalue weighted by atomic mass is 79.9. The lowest BCUT2D eigenvalue weighted by molar-refractivity contribution is -0.132. The van der Waals surface area contributed by atoms with Crippen LogP contribution in [0.5, 0.6) is 0 Å². The van der Waals surface area contributed by atoms with E-state index < -0.39 is 0 Å². The molecule has 1 atom stereocenters. The first-order valence-electron chi connectivity index (χ1n) is 6.56. The minimum absolute atomic E-state index is 0.00418. The molecule has 1 unspecified atom stereocenters. The number of nitrogens with one attached hydrogen (secondary N) is 1. The van der Waals surface area contributed by atoms with E-state index in [2.05, 4.69) is 36.1 Å². The predicted molar refractivity (Wildman–Crippen MR) is 82.8 cm³/mol. The van der Waals surface area contributed by atoms with Crippen LogP contribution in [0.15, 0.2) is 16.9 Å². The van der Waals surface area contributed by atoms with Crippen molar-refractivity contribution in [1.82, 2.24) is 20.2 Å². The predicted octanol–water partition coefficient (Wildman–Crippen LogP) is 0.550. The van der Waals surface area contributed by atoms with Crippen LogP contribution in [0.25, 0.3) is 0 Å². The number of carbonyl (C=O) groups excluding carboxylic acids is 1. The molecule has 0 radical (unpaired) electrons. The number of amides is 1. The van der Waals surface area contributed by atoms with E-state index in [1.165, 1.54) is 0 Å². The lowest BCUT2D eigenvalue weighted by Crippen LogP contribution is -2.54. The number of halogens is 1. The second-order valence-corrected chi connectivity index (χ2v) is 6.73. The Hall–Kier alpha value is -0.860. The Morgan fingerprint density at radius 3 is 2.60 bits per heavy atom. The molecule has 2 fully saturated rings. The van der Waals surface area contributed by atoms with Crippen LogP contribution in [0, 0.1) is 0 Å². The number of thioether (sulfide) groups is 1. The van der Waals surface area contributed by atoms with Gasteiger partial charge in [-0.3, -0.25) is 10.1 Å². The molecule has 1 N–H and O–H groups in total. The summed E-state index contributed by atoms with van der Waals surface area (Å²) in [6.45, 7) is 3.04. The van der Waals surface area contributed by atoms with E-state index in [0.29, 0.717) is 0 Å². The number of rotatable bonds is 2. The highest BCUT2D eigenvalue weighted by molar-refractivity contribution is 9.10. The normalized spacial score (nSPS) is 23.1. The van der Waals surface area contributed by atoms with E-state index in [9.17, 15) is 4.79 Å². The molecule has 1 aromatic rings. The Morgan fingerprint density at radius 2 is 2.00 bits per heavy atom. The van der Waals surface area contributed by atoms with E-state index in [1.807, 2.05) is 4.90 Å². The SMILES string of the molecule is O=C(C1CSCN1)N1CCN(c2ncc(Br)cn2)CC1. The molecular formula is C12H16BrN5OS. The Labute approximate surface area is 130 Å². The molecular weight excluding hydrogens is 342 g/mol. The summed E-state index contributed by atoms with van der Waals surface area (Å²) in [6, 6.07) is -0.00418. The molecule has 2 aliphatic rings. The van der Waals surface area contributed by atoms with Crippen LogP contribution in [-0.2, 0) is 4.79 Å². The summed E-state index contributed by atoms with van der Waals surface area (Å²) in [7, 11) is 0. The lowest BCUT2D eigenvalue weighted by atomic mass is 10.2. The van der Waals surface area contributed by atoms with Gasteiger partial charge in [-0.25, -0.2) is 9.97 Å². The van der Waals surface area contributed by atoms with Crippen molar-refractivity contribution in [1.29, 1.82) is 0 Å². The van der Waals surface area contributed by atoms with E-state index in [0.717, 1.165) is 48.2 Å². The lowest BCUT2D eigenvalue weighted by Gasteiger charge is -2.35. The standard InChI is InChI=1S/C12H16BrN5OS/c13-9-5-14-12(15-6-9)18-3-1-17(2-4-18)11(19)10-7-20-8-16-10/h5-6,10,16H,1-4,7-8H2. The summed E-state index contributed by atoms with van der Waals surface area (Å²) < 4.78 is 0.875. The molecule has 6 nitrogen and oxygen atoms in total. The molecule has 3 rings (SSSR count). The number of nitrogens with zero attached hydrogens (tertiary/aromatic N) is 4. The fraction of sp³-hybridized carbons (Fsp3) is 0.583. The average Bonchev–Trinajstić information content (AvgIpc) is 3.02. The smallest absolute Gasteiger partial charge is 0.240 e. The van der Waals surface area contributed by atoms with Gasteiger partial charge in [-0.15, -0.1) is 11.8 Å². The van der Waals surface area contributed by atoms with Crippen LogP contribution < -0.4 is 10.2 Å². The number of anilines is 1. The van der Waals surface area contributed by atoms with Crippen LogP contribution in [0.2, 0.25) is 0 Å². The highest BCUT2D eigenvalue weighted by Crippen LogP contribution is 2.16. The molecule has 0 spiro atoms. The molecule has 20 heavy (non-hydrogen) atoms. The zero-order valence-corrected chi connectivity index (χ0v) is 13.4. The third kappa shape index (κ3) is 3.07. The number of hydrogen-bond acceptors (Lipinski definition) is 6. The molecule has 0 saturated carbocycles. The van der Waals surface area contributed by atoms with Crippen molar-refractivity contribution < 1.29 is 4.79 Å². The monoisotopic (exact) mass is 357 g/mol. The van der Waals surface area contributed by atoms with Crippen LogP contribution in [0.1, 0.15) is 0 Å². The maximum Gasteiger partial charge on any atom is 0.240 e. The van der Waals surface area contributed by atoms with Gasteiger partial charge in [0.2, 0.25) is 11.9 Å². The van der Waals surface area contributed by atoms with E-state index in [4.69, 9.17) is 0 Å². The van der Waals surface area contributed by atoms with Gasteiger partial charge >= 0.3 is 0 Å². The van der Waals surface area contributed by atoms with Crippen molar-refractivity contribution in [2.75, 3.05) is 42.7 Å². The number of aromatic nitrogens is 2. The minimum atomic E-state index is -0.00418. The maximum absolute atomic E-state index is 12.3. The molecule has 1 aromatic heterocycles. The van der Waals surface area contributed by atoms with Crippen molar-refractivity contribution in [3.63, 3.8) is 0 Å². The van der Waals surface area contributed by atoms with E-state index in [-0.39, 0.29) is 11.9 Å². The van der Waals surface area contributed by atoms with Crippen molar-refractivity contribution in [2.24, 2.45) is 0 Å². The van der Waals surface area contributed by atoms with Gasteiger partial charge in [-0.1, -0.05) is 0 Å². The Morgan fingerprint density at radius 1 is 1.30 bits per heavy atom. The number of hydrogen-bond donors (Lipinski definition) is 1. The molecule has 0 aromatic carbocycles. The Kier molecular flexibility index (Phi) is 4.42. The first-order chi connectivity index (χ1) is 9.74. The Bertz CT molecular complexity index is 471. The quantitative estimate of drug-likeness (QED) is 0.833. The second-order valence-electron chi connectivity index (χ2n) is 4.79. The fourth-order valence-electron chi connectivity index (χ4n) is 2.37. The zero-order valence-electron chi connectivity index (χ0n) is 11.0. The van der Waals surface area contributed by atoms with Crippen molar-refractivity contribution in [2.45, 2.75) is 6.04 Å². The van der Waals surface area contributed by atoms with Gasteiger partial charge in [-0.2, -0.15) is 0 Å². The molecule has 0 bridgehead atoms. The second kappa shape index (κ2) is 6.28. The molecule has 3 heterocycles. The molecule has 0 aliphatic carbocycles. The molecule has 2 saturated heterocycles. The fourth-order valence-corrected chi connectivity index (χ4v) is 3.51. The van der Waals surface area contributed by atoms with Gasteiger partial charge in [0.15, 0.2) is 0 Å². The van der Waals surface area contributed by atoms with E-state index >= 15 is 0 Å². The summed E-state index contributed by atoms with van der Waals surface area (Å²) in [6.07, 6.45) is 3.50. The van der Waals surface area contributed by atoms with Crippen LogP contribution in [0.4, 0.5) is 5.95 Å². The van der Waals surface area contributed by atoms with Crippen molar-refractivity contribution in [3.05, 3.63) is 16.9 Å². The van der Waals surface area contributed by atoms with Gasteiger partial charge in [0.05, 0.1) is 10.5 Å². The first-order valence-corrected chi connectivity index (χ1v) is 8.51. The van der Waals surface area contributed by atoms with Gasteiger partial charge in [0.25, 0.3) is 0 Å². The Balaban J connectivity index is 1.56. The summed E-state index contributed by atoms with van der Waals surface area (Å²) >= 11 is 5.11. The largest absolute Gasteiger partial charge is 0.338 e. The van der Waals surface area contributed by atoms with Gasteiger partial charge < -0.3 is 9.80 Å². The van der Waals surface area contributed by atoms with Gasteiger partial charge in [-0.05, 0) is 15.9 Å². The van der Waals surface area contributed by atoms with E-state index in [1.54, 1.807) is 24.2 Å². The summed E-state index contributed by atoms with van der Waals surface area (Å²) in [5.41, 5.74) is 0. The summed E-state index contributed by atoms with van der Waals surface area (Å²) in [5, 5.41) is 3.23. The van der Waals surface area contributed by atoms with Crippen molar-refractivity contribution in [3.8, 4) is 0 Å². The van der Waals surface area contributed by atoms with Crippen LogP contribution >= 0.6 is 27.7 Å². The maximum atomic E-state index is 12.3. The minimum Gasteiger partial charge on any atom is -0.338 e. The molecule has 2 aliphatic heterocycles. The topological polar surface area (TPSA) is 61.4 Å². The first kappa shape index (κ1) is 14.1. The zero-order chi connectivity index (χ0) is 13.9. The van der Waals surface area contributed by atoms with Gasteiger partial charge in [0, 0.05) is 50.2 Å². The summed E-state index contributed by atoms with van der Waals surface area (Å²) in [4.78, 5) is 24.9. The molecule has 8 heteroatoms. The highest BCUT2D eigenvalue weighted by Gasteiger charge is 2.29. The van der Waals surface area contributed by atoms with Crippen molar-refractivity contribution >= 4 is 39.5 Å². The van der Waals surface area contributed by atoms with Crippen LogP contribution in [0.3, 0.4) is 0 Å².